The fourth-order valence-corrected chi connectivity index (χ4v) is 2.85. The number of nitrogens with one attached hydrogen (secondary N) is 1. The van der Waals surface area contributed by atoms with Crippen LogP contribution in [0.1, 0.15) is 30.0 Å². The van der Waals surface area contributed by atoms with Crippen LogP contribution in [0.5, 0.6) is 0 Å². The first-order valence-corrected chi connectivity index (χ1v) is 7.02. The van der Waals surface area contributed by atoms with Gasteiger partial charge in [0, 0.05) is 6.04 Å². The third-order valence-corrected chi connectivity index (χ3v) is 4.25. The van der Waals surface area contributed by atoms with Crippen LogP contribution in [0.3, 0.4) is 0 Å². The number of nitrogens with two attached hydrogens (primary N) is 1. The molecule has 0 radical (unpaired) electrons. The van der Waals surface area contributed by atoms with E-state index in [0.717, 1.165) is 11.1 Å². The number of carboxylic acid groups (broad SMARTS) is 2. The molecule has 1 aromatic carbocycles. The predicted octanol–water partition coefficient (Wildman–Crippen LogP) is 0.0157. The van der Waals surface area contributed by atoms with Gasteiger partial charge in [0.2, 0.25) is 0 Å². The monoisotopic (exact) mass is 308 g/mol. The summed E-state index contributed by atoms with van der Waals surface area (Å²) in [4.78, 5) is 22.6. The molecular weight excluding hydrogens is 288 g/mol. The molecule has 1 aliphatic rings. The SMILES string of the molecule is Cc1ccc([C@H]2CC[C@](C(=O)O)([C@@H](O)[C@@H](N)C(=O)O)N2)cc1. The molecule has 4 atom stereocenters. The smallest absolute Gasteiger partial charge is 0.326 e. The zero-order valence-electron chi connectivity index (χ0n) is 12.2. The van der Waals surface area contributed by atoms with Crippen LogP contribution in [0.25, 0.3) is 0 Å². The molecule has 0 amide bonds. The average Bonchev–Trinajstić information content (AvgIpc) is 2.93. The highest BCUT2D eigenvalue weighted by Gasteiger charge is 2.53. The molecule has 1 fully saturated rings. The molecule has 1 heterocycles. The van der Waals surface area contributed by atoms with Gasteiger partial charge in [-0.2, -0.15) is 0 Å². The lowest BCUT2D eigenvalue weighted by molar-refractivity contribution is -0.153. The Balaban J connectivity index is 2.26. The Labute approximate surface area is 127 Å². The maximum absolute atomic E-state index is 11.7. The molecule has 1 saturated heterocycles. The van der Waals surface area contributed by atoms with Crippen LogP contribution < -0.4 is 11.1 Å². The van der Waals surface area contributed by atoms with Gasteiger partial charge in [-0.15, -0.1) is 0 Å². The van der Waals surface area contributed by atoms with Crippen molar-refractivity contribution in [3.05, 3.63) is 35.4 Å². The quantitative estimate of drug-likeness (QED) is 0.517. The first kappa shape index (κ1) is 16.4. The highest BCUT2D eigenvalue weighted by Crippen LogP contribution is 2.36. The minimum atomic E-state index is -1.76. The van der Waals surface area contributed by atoms with Gasteiger partial charge in [-0.25, -0.2) is 0 Å². The van der Waals surface area contributed by atoms with Gasteiger partial charge in [0.25, 0.3) is 0 Å². The predicted molar refractivity (Wildman–Crippen MR) is 78.3 cm³/mol. The molecule has 0 unspecified atom stereocenters. The Morgan fingerprint density at radius 3 is 2.41 bits per heavy atom. The number of aryl methyl sites for hydroxylation is 1. The first-order chi connectivity index (χ1) is 10.3. The van der Waals surface area contributed by atoms with Crippen LogP contribution in [0, 0.1) is 6.92 Å². The van der Waals surface area contributed by atoms with E-state index in [0.29, 0.717) is 6.42 Å². The van der Waals surface area contributed by atoms with E-state index in [1.165, 1.54) is 0 Å². The largest absolute Gasteiger partial charge is 0.480 e. The highest BCUT2D eigenvalue weighted by molar-refractivity contribution is 5.83. The van der Waals surface area contributed by atoms with Gasteiger partial charge >= 0.3 is 11.9 Å². The van der Waals surface area contributed by atoms with E-state index in [1.807, 2.05) is 31.2 Å². The average molecular weight is 308 g/mol. The number of aliphatic hydroxyl groups is 1. The highest BCUT2D eigenvalue weighted by atomic mass is 16.4. The zero-order valence-corrected chi connectivity index (χ0v) is 12.2. The molecule has 1 aliphatic heterocycles. The number of aliphatic hydroxyl groups excluding tert-OH is 1. The third kappa shape index (κ3) is 2.83. The van der Waals surface area contributed by atoms with E-state index in [-0.39, 0.29) is 12.5 Å². The molecule has 0 saturated carbocycles. The normalized spacial score (nSPS) is 27.3. The number of hydrogen-bond acceptors (Lipinski definition) is 5. The number of rotatable bonds is 5. The number of hydrogen-bond donors (Lipinski definition) is 5. The molecule has 0 aromatic heterocycles. The fraction of sp³-hybridized carbons (Fsp3) is 0.467. The number of aliphatic carboxylic acids is 2. The Bertz CT molecular complexity index is 574. The molecule has 1 aromatic rings. The maximum atomic E-state index is 11.7. The van der Waals surface area contributed by atoms with Crippen molar-refractivity contribution in [1.82, 2.24) is 5.32 Å². The van der Waals surface area contributed by atoms with Crippen molar-refractivity contribution in [3.63, 3.8) is 0 Å². The summed E-state index contributed by atoms with van der Waals surface area (Å²) in [7, 11) is 0. The zero-order chi connectivity index (χ0) is 16.5. The van der Waals surface area contributed by atoms with E-state index >= 15 is 0 Å². The van der Waals surface area contributed by atoms with Gasteiger partial charge in [0.05, 0.1) is 0 Å². The molecule has 7 nitrogen and oxygen atoms in total. The minimum absolute atomic E-state index is 0.100. The summed E-state index contributed by atoms with van der Waals surface area (Å²) >= 11 is 0. The lowest BCUT2D eigenvalue weighted by atomic mass is 9.86. The van der Waals surface area contributed by atoms with Crippen molar-refractivity contribution in [1.29, 1.82) is 0 Å². The summed E-state index contributed by atoms with van der Waals surface area (Å²) in [6, 6.07) is 5.66. The van der Waals surface area contributed by atoms with Gasteiger partial charge in [-0.1, -0.05) is 29.8 Å². The summed E-state index contributed by atoms with van der Waals surface area (Å²) in [5, 5.41) is 31.5. The molecule has 2 rings (SSSR count). The van der Waals surface area contributed by atoms with E-state index in [9.17, 15) is 19.8 Å². The third-order valence-electron chi connectivity index (χ3n) is 4.25. The van der Waals surface area contributed by atoms with Crippen LogP contribution in [-0.2, 0) is 9.59 Å². The van der Waals surface area contributed by atoms with E-state index in [4.69, 9.17) is 10.8 Å². The lowest BCUT2D eigenvalue weighted by Crippen LogP contribution is -2.64. The van der Waals surface area contributed by atoms with Gasteiger partial charge in [-0.05, 0) is 25.3 Å². The number of benzene rings is 1. The standard InChI is InChI=1S/C15H20N2O5/c1-8-2-4-9(5-3-8)10-6-7-15(17-10,14(21)22)12(18)11(16)13(19)20/h2-5,10-12,17-18H,6-7,16H2,1H3,(H,19,20)(H,21,22)/t10-,11-,12+,15-/m1/s1. The van der Waals surface area contributed by atoms with Crippen molar-refractivity contribution in [2.45, 2.75) is 43.5 Å². The van der Waals surface area contributed by atoms with E-state index < -0.39 is 29.6 Å². The van der Waals surface area contributed by atoms with Crippen LogP contribution in [0.2, 0.25) is 0 Å². The number of carboxylic acids is 2. The summed E-state index contributed by atoms with van der Waals surface area (Å²) in [6.45, 7) is 1.95. The van der Waals surface area contributed by atoms with E-state index in [2.05, 4.69) is 5.32 Å². The topological polar surface area (TPSA) is 133 Å². The van der Waals surface area contributed by atoms with Crippen LogP contribution in [0.15, 0.2) is 24.3 Å². The Kier molecular flexibility index (Phi) is 4.50. The molecule has 0 spiro atoms. The molecule has 22 heavy (non-hydrogen) atoms. The molecule has 6 N–H and O–H groups in total. The fourth-order valence-electron chi connectivity index (χ4n) is 2.85. The molecular formula is C15H20N2O5. The Morgan fingerprint density at radius 1 is 1.32 bits per heavy atom. The lowest BCUT2D eigenvalue weighted by Gasteiger charge is -2.33. The summed E-state index contributed by atoms with van der Waals surface area (Å²) in [6.07, 6.45) is -1.15. The summed E-state index contributed by atoms with van der Waals surface area (Å²) < 4.78 is 0. The van der Waals surface area contributed by atoms with Crippen molar-refractivity contribution in [2.75, 3.05) is 0 Å². The first-order valence-electron chi connectivity index (χ1n) is 7.02. The van der Waals surface area contributed by atoms with Crippen molar-refractivity contribution >= 4 is 11.9 Å². The summed E-state index contributed by atoms with van der Waals surface area (Å²) in [5.41, 5.74) is 5.63. The van der Waals surface area contributed by atoms with Crippen LogP contribution in [-0.4, -0.2) is 44.9 Å². The second-order valence-corrected chi connectivity index (χ2v) is 5.73. The summed E-state index contributed by atoms with van der Waals surface area (Å²) in [5.74, 6) is -2.74. The van der Waals surface area contributed by atoms with Gasteiger partial charge < -0.3 is 21.1 Å². The molecule has 7 heteroatoms. The van der Waals surface area contributed by atoms with Gasteiger partial charge in [0.15, 0.2) is 0 Å². The van der Waals surface area contributed by atoms with Crippen LogP contribution >= 0.6 is 0 Å². The number of carbonyl (C=O) groups is 2. The molecule has 0 bridgehead atoms. The van der Waals surface area contributed by atoms with E-state index in [1.54, 1.807) is 0 Å². The van der Waals surface area contributed by atoms with Gasteiger partial charge in [-0.3, -0.25) is 14.9 Å². The molecule has 120 valence electrons. The Hall–Kier alpha value is -1.96. The second-order valence-electron chi connectivity index (χ2n) is 5.73. The minimum Gasteiger partial charge on any atom is -0.480 e. The van der Waals surface area contributed by atoms with Crippen molar-refractivity contribution in [3.8, 4) is 0 Å². The van der Waals surface area contributed by atoms with Crippen molar-refractivity contribution in [2.24, 2.45) is 5.73 Å². The second kappa shape index (κ2) is 6.04. The molecule has 0 aliphatic carbocycles. The Morgan fingerprint density at radius 2 is 1.91 bits per heavy atom. The maximum Gasteiger partial charge on any atom is 0.326 e. The van der Waals surface area contributed by atoms with Gasteiger partial charge in [0.1, 0.15) is 17.7 Å². The van der Waals surface area contributed by atoms with Crippen molar-refractivity contribution < 1.29 is 24.9 Å². The van der Waals surface area contributed by atoms with Crippen LogP contribution in [0.4, 0.5) is 0 Å².